The van der Waals surface area contributed by atoms with Gasteiger partial charge in [-0.15, -0.1) is 0 Å². The summed E-state index contributed by atoms with van der Waals surface area (Å²) in [6, 6.07) is 9.82. The smallest absolute Gasteiger partial charge is 0.308 e. The van der Waals surface area contributed by atoms with Crippen LogP contribution in [-0.4, -0.2) is 49.7 Å². The largest absolute Gasteiger partial charge is 0.466 e. The Balaban J connectivity index is 1.39. The molecule has 1 aromatic carbocycles. The number of ether oxygens (including phenoxy) is 5. The lowest BCUT2D eigenvalue weighted by Crippen LogP contribution is -2.52. The van der Waals surface area contributed by atoms with Crippen LogP contribution in [-0.2, 0) is 28.5 Å². The average molecular weight is 320 g/mol. The van der Waals surface area contributed by atoms with Crippen molar-refractivity contribution in [3.63, 3.8) is 0 Å². The van der Waals surface area contributed by atoms with E-state index in [1.807, 2.05) is 30.3 Å². The van der Waals surface area contributed by atoms with E-state index in [0.29, 0.717) is 13.2 Å². The first-order chi connectivity index (χ1) is 11.3. The first-order valence-corrected chi connectivity index (χ1v) is 8.05. The lowest BCUT2D eigenvalue weighted by Gasteiger charge is -2.39. The normalized spacial score (nSPS) is 38.3. The highest BCUT2D eigenvalue weighted by molar-refractivity contribution is 5.70. The predicted molar refractivity (Wildman–Crippen MR) is 78.6 cm³/mol. The van der Waals surface area contributed by atoms with E-state index in [1.54, 1.807) is 6.92 Å². The summed E-state index contributed by atoms with van der Waals surface area (Å²) in [6.07, 6.45) is -0.942. The maximum atomic E-state index is 11.7. The third-order valence-electron chi connectivity index (χ3n) is 4.41. The van der Waals surface area contributed by atoms with Gasteiger partial charge in [-0.3, -0.25) is 4.79 Å². The second-order valence-corrected chi connectivity index (χ2v) is 5.96. The molecular formula is C17H20O6. The van der Waals surface area contributed by atoms with Gasteiger partial charge in [-0.25, -0.2) is 0 Å². The highest BCUT2D eigenvalue weighted by atomic mass is 16.7. The van der Waals surface area contributed by atoms with Gasteiger partial charge in [-0.2, -0.15) is 0 Å². The molecule has 6 nitrogen and oxygen atoms in total. The summed E-state index contributed by atoms with van der Waals surface area (Å²) < 4.78 is 28.5. The van der Waals surface area contributed by atoms with Crippen LogP contribution < -0.4 is 0 Å². The van der Waals surface area contributed by atoms with Gasteiger partial charge >= 0.3 is 5.97 Å². The lowest BCUT2D eigenvalue weighted by atomic mass is 9.98. The summed E-state index contributed by atoms with van der Waals surface area (Å²) in [7, 11) is 0. The summed E-state index contributed by atoms with van der Waals surface area (Å²) in [5.41, 5.74) is 0.983. The van der Waals surface area contributed by atoms with Crippen molar-refractivity contribution in [3.05, 3.63) is 35.9 Å². The van der Waals surface area contributed by atoms with Crippen LogP contribution in [0.3, 0.4) is 0 Å². The molecule has 0 aliphatic carbocycles. The van der Waals surface area contributed by atoms with Crippen LogP contribution in [0.15, 0.2) is 30.3 Å². The third-order valence-corrected chi connectivity index (χ3v) is 4.41. The number of epoxide rings is 1. The van der Waals surface area contributed by atoms with E-state index in [2.05, 4.69) is 0 Å². The first-order valence-electron chi connectivity index (χ1n) is 8.05. The molecule has 3 saturated heterocycles. The Hall–Kier alpha value is -1.47. The van der Waals surface area contributed by atoms with E-state index in [1.165, 1.54) is 0 Å². The number of benzene rings is 1. The molecule has 0 aromatic heterocycles. The monoisotopic (exact) mass is 320 g/mol. The molecule has 3 fully saturated rings. The third kappa shape index (κ3) is 2.99. The van der Waals surface area contributed by atoms with Crippen molar-refractivity contribution in [1.29, 1.82) is 0 Å². The fourth-order valence-corrected chi connectivity index (χ4v) is 3.29. The lowest BCUT2D eigenvalue weighted by molar-refractivity contribution is -0.282. The van der Waals surface area contributed by atoms with E-state index >= 15 is 0 Å². The van der Waals surface area contributed by atoms with Gasteiger partial charge in [0.05, 0.1) is 25.7 Å². The molecule has 0 N–H and O–H groups in total. The summed E-state index contributed by atoms with van der Waals surface area (Å²) in [6.45, 7) is 2.59. The first kappa shape index (κ1) is 15.1. The van der Waals surface area contributed by atoms with Crippen LogP contribution in [0, 0.1) is 0 Å². The molecule has 6 atom stereocenters. The summed E-state index contributed by atoms with van der Waals surface area (Å²) in [5.74, 6) is -0.259. The molecule has 0 saturated carbocycles. The Morgan fingerprint density at radius 1 is 1.13 bits per heavy atom. The number of hydrogen-bond acceptors (Lipinski definition) is 6. The van der Waals surface area contributed by atoms with Gasteiger partial charge in [0.2, 0.25) is 0 Å². The van der Waals surface area contributed by atoms with E-state index in [9.17, 15) is 4.79 Å². The van der Waals surface area contributed by atoms with Gasteiger partial charge in [-0.1, -0.05) is 30.3 Å². The molecule has 0 spiro atoms. The SMILES string of the molecule is CCOC(=O)C[C@@H]1O[C@@H]2CO[C@@H](c3ccccc3)O[C@H]2[C@@H]2O[C@@H]21. The minimum Gasteiger partial charge on any atom is -0.466 e. The number of esters is 1. The summed E-state index contributed by atoms with van der Waals surface area (Å²) in [4.78, 5) is 11.7. The van der Waals surface area contributed by atoms with Gasteiger partial charge in [0, 0.05) is 5.56 Å². The van der Waals surface area contributed by atoms with Crippen LogP contribution in [0.25, 0.3) is 0 Å². The van der Waals surface area contributed by atoms with Gasteiger partial charge in [0.25, 0.3) is 0 Å². The number of carbonyl (C=O) groups excluding carboxylic acids is 1. The van der Waals surface area contributed by atoms with Crippen molar-refractivity contribution < 1.29 is 28.5 Å². The quantitative estimate of drug-likeness (QED) is 0.620. The Labute approximate surface area is 134 Å². The van der Waals surface area contributed by atoms with Crippen molar-refractivity contribution in [1.82, 2.24) is 0 Å². The van der Waals surface area contributed by atoms with E-state index in [-0.39, 0.29) is 42.9 Å². The Morgan fingerprint density at radius 2 is 1.96 bits per heavy atom. The van der Waals surface area contributed by atoms with Crippen molar-refractivity contribution in [2.45, 2.75) is 50.2 Å². The minimum atomic E-state index is -0.396. The topological polar surface area (TPSA) is 66.5 Å². The van der Waals surface area contributed by atoms with Crippen LogP contribution in [0.4, 0.5) is 0 Å². The Morgan fingerprint density at radius 3 is 2.74 bits per heavy atom. The van der Waals surface area contributed by atoms with E-state index in [0.717, 1.165) is 5.56 Å². The molecule has 23 heavy (non-hydrogen) atoms. The second kappa shape index (κ2) is 6.20. The fourth-order valence-electron chi connectivity index (χ4n) is 3.29. The number of hydrogen-bond donors (Lipinski definition) is 0. The van der Waals surface area contributed by atoms with Crippen LogP contribution in [0.1, 0.15) is 25.2 Å². The Bertz CT molecular complexity index is 561. The maximum Gasteiger partial charge on any atom is 0.308 e. The van der Waals surface area contributed by atoms with Gasteiger partial charge in [0.15, 0.2) is 6.29 Å². The minimum absolute atomic E-state index is 0.0247. The molecule has 3 heterocycles. The van der Waals surface area contributed by atoms with Gasteiger partial charge in [0.1, 0.15) is 24.4 Å². The van der Waals surface area contributed by atoms with Crippen LogP contribution in [0.2, 0.25) is 0 Å². The van der Waals surface area contributed by atoms with Gasteiger partial charge in [-0.05, 0) is 6.92 Å². The molecule has 1 aromatic rings. The highest BCUT2D eigenvalue weighted by Crippen LogP contribution is 2.44. The van der Waals surface area contributed by atoms with Crippen molar-refractivity contribution >= 4 is 5.97 Å². The zero-order chi connectivity index (χ0) is 15.8. The van der Waals surface area contributed by atoms with Crippen molar-refractivity contribution in [2.24, 2.45) is 0 Å². The highest BCUT2D eigenvalue weighted by Gasteiger charge is 2.60. The maximum absolute atomic E-state index is 11.7. The molecule has 0 unspecified atom stereocenters. The zero-order valence-electron chi connectivity index (χ0n) is 12.9. The van der Waals surface area contributed by atoms with E-state index in [4.69, 9.17) is 23.7 Å². The van der Waals surface area contributed by atoms with E-state index < -0.39 is 6.29 Å². The number of carbonyl (C=O) groups is 1. The molecule has 4 rings (SSSR count). The molecule has 0 radical (unpaired) electrons. The average Bonchev–Trinajstić information content (AvgIpc) is 3.37. The summed E-state index contributed by atoms with van der Waals surface area (Å²) in [5, 5.41) is 0. The molecule has 0 amide bonds. The van der Waals surface area contributed by atoms with Crippen molar-refractivity contribution in [2.75, 3.05) is 13.2 Å². The number of rotatable bonds is 4. The standard InChI is InChI=1S/C17H20O6/c1-2-19-13(18)8-11-14-16(22-14)15-12(21-11)9-20-17(23-15)10-6-4-3-5-7-10/h3-7,11-12,14-17H,2,8-9H2,1H3/t11-,12+,14+,15+,16+,17+/m0/s1. The van der Waals surface area contributed by atoms with Crippen LogP contribution in [0.5, 0.6) is 0 Å². The molecule has 6 heteroatoms. The molecule has 3 aliphatic rings. The van der Waals surface area contributed by atoms with Crippen molar-refractivity contribution in [3.8, 4) is 0 Å². The predicted octanol–water partition coefficient (Wildman–Crippen LogP) is 1.59. The molecule has 0 bridgehead atoms. The van der Waals surface area contributed by atoms with Crippen LogP contribution >= 0.6 is 0 Å². The molecular weight excluding hydrogens is 300 g/mol. The molecule has 3 aliphatic heterocycles. The zero-order valence-corrected chi connectivity index (χ0v) is 12.9. The summed E-state index contributed by atoms with van der Waals surface area (Å²) >= 11 is 0. The Kier molecular flexibility index (Phi) is 4.07. The number of fused-ring (bicyclic) bond motifs is 3. The molecule has 124 valence electrons. The van der Waals surface area contributed by atoms with Gasteiger partial charge < -0.3 is 23.7 Å². The second-order valence-electron chi connectivity index (χ2n) is 5.96. The fraction of sp³-hybridized carbons (Fsp3) is 0.588.